The standard InChI is InChI=1S/C13H11BF2O3/c14-11-6-7-13(15,16)10(19-11)8-18-12(17)9-4-2-1-3-5-9/h1-7,10-11H,8H2/t10-,11+/m1/s1. The van der Waals surface area contributed by atoms with E-state index in [-0.39, 0.29) is 0 Å². The molecule has 1 aromatic rings. The van der Waals surface area contributed by atoms with Crippen molar-refractivity contribution in [3.8, 4) is 0 Å². The second-order valence-electron chi connectivity index (χ2n) is 4.09. The summed E-state index contributed by atoms with van der Waals surface area (Å²) >= 11 is 0. The number of esters is 1. The Kier molecular flexibility index (Phi) is 4.00. The molecule has 0 fully saturated rings. The molecule has 6 heteroatoms. The van der Waals surface area contributed by atoms with Crippen molar-refractivity contribution in [3.05, 3.63) is 48.0 Å². The molecule has 2 radical (unpaired) electrons. The number of ether oxygens (including phenoxy) is 2. The van der Waals surface area contributed by atoms with Crippen LogP contribution in [-0.2, 0) is 9.47 Å². The molecular formula is C13H11BF2O3. The Hall–Kier alpha value is -1.69. The third kappa shape index (κ3) is 3.41. The monoisotopic (exact) mass is 264 g/mol. The van der Waals surface area contributed by atoms with Crippen LogP contribution in [0, 0.1) is 0 Å². The summed E-state index contributed by atoms with van der Waals surface area (Å²) in [5, 5.41) is 0. The molecule has 1 aromatic carbocycles. The fraction of sp³-hybridized carbons (Fsp3) is 0.308. The summed E-state index contributed by atoms with van der Waals surface area (Å²) in [5.74, 6) is -3.88. The lowest BCUT2D eigenvalue weighted by Gasteiger charge is -2.30. The number of hydrogen-bond acceptors (Lipinski definition) is 3. The van der Waals surface area contributed by atoms with Crippen LogP contribution in [-0.4, -0.2) is 38.5 Å². The minimum atomic E-state index is -3.20. The Bertz CT molecular complexity index is 476. The van der Waals surface area contributed by atoms with Gasteiger partial charge in [-0.05, 0) is 18.2 Å². The Balaban J connectivity index is 1.95. The van der Waals surface area contributed by atoms with Crippen LogP contribution in [0.3, 0.4) is 0 Å². The molecule has 0 unspecified atom stereocenters. The van der Waals surface area contributed by atoms with Crippen molar-refractivity contribution in [1.82, 2.24) is 0 Å². The summed E-state index contributed by atoms with van der Waals surface area (Å²) in [5.41, 5.74) is 0.293. The second-order valence-corrected chi connectivity index (χ2v) is 4.09. The Labute approximate surface area is 110 Å². The van der Waals surface area contributed by atoms with E-state index < -0.39 is 30.6 Å². The fourth-order valence-corrected chi connectivity index (χ4v) is 1.62. The molecule has 0 saturated heterocycles. The summed E-state index contributed by atoms with van der Waals surface area (Å²) in [4.78, 5) is 11.6. The summed E-state index contributed by atoms with van der Waals surface area (Å²) in [7, 11) is 5.38. The molecule has 1 heterocycles. The van der Waals surface area contributed by atoms with Crippen LogP contribution >= 0.6 is 0 Å². The fourth-order valence-electron chi connectivity index (χ4n) is 1.62. The first-order chi connectivity index (χ1) is 8.99. The number of alkyl halides is 2. The van der Waals surface area contributed by atoms with Crippen molar-refractivity contribution in [1.29, 1.82) is 0 Å². The predicted octanol–water partition coefficient (Wildman–Crippen LogP) is 1.93. The summed E-state index contributed by atoms with van der Waals surface area (Å²) in [6.45, 7) is -0.557. The van der Waals surface area contributed by atoms with Crippen molar-refractivity contribution in [2.45, 2.75) is 18.0 Å². The normalized spacial score (nSPS) is 24.9. The van der Waals surface area contributed by atoms with Gasteiger partial charge in [0, 0.05) is 6.00 Å². The number of benzene rings is 1. The largest absolute Gasteiger partial charge is 0.459 e. The lowest BCUT2D eigenvalue weighted by atomic mass is 9.95. The highest BCUT2D eigenvalue weighted by atomic mass is 19.3. The van der Waals surface area contributed by atoms with E-state index in [2.05, 4.69) is 0 Å². The van der Waals surface area contributed by atoms with Crippen molar-refractivity contribution >= 4 is 13.8 Å². The number of hydrogen-bond donors (Lipinski definition) is 0. The van der Waals surface area contributed by atoms with E-state index >= 15 is 0 Å². The first-order valence-corrected chi connectivity index (χ1v) is 5.69. The van der Waals surface area contributed by atoms with Crippen LogP contribution in [0.1, 0.15) is 10.4 Å². The maximum Gasteiger partial charge on any atom is 0.338 e. The van der Waals surface area contributed by atoms with Gasteiger partial charge < -0.3 is 9.47 Å². The van der Waals surface area contributed by atoms with Gasteiger partial charge in [-0.2, -0.15) is 8.78 Å². The average Bonchev–Trinajstić information content (AvgIpc) is 2.40. The quantitative estimate of drug-likeness (QED) is 0.475. The van der Waals surface area contributed by atoms with E-state index in [0.29, 0.717) is 11.6 Å². The van der Waals surface area contributed by atoms with E-state index in [4.69, 9.17) is 17.3 Å². The van der Waals surface area contributed by atoms with Gasteiger partial charge in [0.05, 0.1) is 5.56 Å². The van der Waals surface area contributed by atoms with Crippen LogP contribution < -0.4 is 0 Å². The third-order valence-electron chi connectivity index (χ3n) is 2.63. The van der Waals surface area contributed by atoms with Crippen LogP contribution in [0.2, 0.25) is 0 Å². The van der Waals surface area contributed by atoms with Crippen molar-refractivity contribution in [2.24, 2.45) is 0 Å². The number of rotatable bonds is 3. The zero-order valence-corrected chi connectivity index (χ0v) is 9.96. The van der Waals surface area contributed by atoms with Gasteiger partial charge in [-0.3, -0.25) is 0 Å². The Morgan fingerprint density at radius 1 is 1.37 bits per heavy atom. The average molecular weight is 264 g/mol. The van der Waals surface area contributed by atoms with E-state index in [1.165, 1.54) is 12.1 Å². The van der Waals surface area contributed by atoms with E-state index in [1.807, 2.05) is 0 Å². The summed E-state index contributed by atoms with van der Waals surface area (Å²) in [6, 6.07) is 7.20. The Morgan fingerprint density at radius 2 is 2.05 bits per heavy atom. The predicted molar refractivity (Wildman–Crippen MR) is 65.2 cm³/mol. The lowest BCUT2D eigenvalue weighted by molar-refractivity contribution is -0.137. The maximum absolute atomic E-state index is 13.4. The first-order valence-electron chi connectivity index (χ1n) is 5.69. The SMILES string of the molecule is [B][C@@H]1C=CC(F)(F)[C@@H](COC(=O)c2ccccc2)O1. The minimum Gasteiger partial charge on any atom is -0.459 e. The zero-order chi connectivity index (χ0) is 13.9. The van der Waals surface area contributed by atoms with Crippen molar-refractivity contribution in [3.63, 3.8) is 0 Å². The number of carbonyl (C=O) groups is 1. The number of halogens is 2. The molecule has 98 valence electrons. The third-order valence-corrected chi connectivity index (χ3v) is 2.63. The van der Waals surface area contributed by atoms with Crippen LogP contribution in [0.4, 0.5) is 8.78 Å². The van der Waals surface area contributed by atoms with Crippen molar-refractivity contribution < 1.29 is 23.0 Å². The summed E-state index contributed by atoms with van der Waals surface area (Å²) in [6.07, 6.45) is 0.165. The molecule has 0 aromatic heterocycles. The number of carbonyl (C=O) groups excluding carboxylic acids is 1. The molecule has 2 atom stereocenters. The maximum atomic E-state index is 13.4. The molecule has 2 rings (SSSR count). The zero-order valence-electron chi connectivity index (χ0n) is 9.96. The summed E-state index contributed by atoms with van der Waals surface area (Å²) < 4.78 is 36.5. The molecule has 3 nitrogen and oxygen atoms in total. The Morgan fingerprint density at radius 3 is 2.74 bits per heavy atom. The van der Waals surface area contributed by atoms with Crippen LogP contribution in [0.5, 0.6) is 0 Å². The molecule has 0 amide bonds. The van der Waals surface area contributed by atoms with E-state index in [9.17, 15) is 13.6 Å². The van der Waals surface area contributed by atoms with Gasteiger partial charge in [-0.1, -0.05) is 24.3 Å². The highest BCUT2D eigenvalue weighted by Crippen LogP contribution is 2.28. The highest BCUT2D eigenvalue weighted by molar-refractivity contribution is 6.12. The molecule has 0 N–H and O–H groups in total. The topological polar surface area (TPSA) is 35.5 Å². The molecule has 19 heavy (non-hydrogen) atoms. The highest BCUT2D eigenvalue weighted by Gasteiger charge is 2.42. The van der Waals surface area contributed by atoms with Gasteiger partial charge in [0.1, 0.15) is 14.5 Å². The lowest BCUT2D eigenvalue weighted by Crippen LogP contribution is -2.44. The second kappa shape index (κ2) is 5.53. The molecular weight excluding hydrogens is 253 g/mol. The van der Waals surface area contributed by atoms with Gasteiger partial charge in [0.25, 0.3) is 5.92 Å². The molecule has 0 saturated carbocycles. The molecule has 1 aliphatic heterocycles. The minimum absolute atomic E-state index is 0.293. The van der Waals surface area contributed by atoms with E-state index in [0.717, 1.165) is 6.08 Å². The van der Waals surface area contributed by atoms with Gasteiger partial charge >= 0.3 is 5.97 Å². The van der Waals surface area contributed by atoms with Gasteiger partial charge in [-0.15, -0.1) is 0 Å². The molecule has 0 aliphatic carbocycles. The molecule has 0 spiro atoms. The van der Waals surface area contributed by atoms with Crippen LogP contribution in [0.15, 0.2) is 42.5 Å². The first kappa shape index (κ1) is 13.7. The van der Waals surface area contributed by atoms with Gasteiger partial charge in [0.2, 0.25) is 0 Å². The molecule has 0 bridgehead atoms. The van der Waals surface area contributed by atoms with Crippen molar-refractivity contribution in [2.75, 3.05) is 6.61 Å². The van der Waals surface area contributed by atoms with Crippen LogP contribution in [0.25, 0.3) is 0 Å². The molecule has 1 aliphatic rings. The van der Waals surface area contributed by atoms with E-state index in [1.54, 1.807) is 18.2 Å². The van der Waals surface area contributed by atoms with Gasteiger partial charge in [0.15, 0.2) is 6.10 Å². The smallest absolute Gasteiger partial charge is 0.338 e. The van der Waals surface area contributed by atoms with Gasteiger partial charge in [-0.25, -0.2) is 4.79 Å².